The van der Waals surface area contributed by atoms with Crippen LogP contribution in [0.2, 0.25) is 0 Å². The second-order valence-electron chi connectivity index (χ2n) is 7.62. The Morgan fingerprint density at radius 2 is 1.64 bits per heavy atom. The van der Waals surface area contributed by atoms with Gasteiger partial charge in [-0.3, -0.25) is 14.5 Å². The Labute approximate surface area is 160 Å². The third-order valence-electron chi connectivity index (χ3n) is 5.92. The first-order chi connectivity index (χ1) is 13.3. The van der Waals surface area contributed by atoms with Gasteiger partial charge in [-0.15, -0.1) is 0 Å². The lowest BCUT2D eigenvalue weighted by Gasteiger charge is -2.30. The maximum absolute atomic E-state index is 12.7. The highest BCUT2D eigenvalue weighted by Gasteiger charge is 2.48. The molecule has 150 valence electrons. The third kappa shape index (κ3) is 3.50. The molecule has 0 saturated carbocycles. The summed E-state index contributed by atoms with van der Waals surface area (Å²) in [6.07, 6.45) is 1.84. The van der Waals surface area contributed by atoms with Crippen LogP contribution < -0.4 is 14.8 Å². The normalized spacial score (nSPS) is 26.1. The molecule has 2 aliphatic heterocycles. The Morgan fingerprint density at radius 3 is 2.14 bits per heavy atom. The van der Waals surface area contributed by atoms with Gasteiger partial charge in [-0.1, -0.05) is 12.2 Å². The summed E-state index contributed by atoms with van der Waals surface area (Å²) in [6, 6.07) is 2.52. The van der Waals surface area contributed by atoms with Crippen LogP contribution in [-0.4, -0.2) is 49.6 Å². The summed E-state index contributed by atoms with van der Waals surface area (Å²) in [7, 11) is 0. The number of hydrogen-bond donors (Lipinski definition) is 1. The number of H-pyrrole nitrogens is 1. The highest BCUT2D eigenvalue weighted by Crippen LogP contribution is 2.34. The van der Waals surface area contributed by atoms with Gasteiger partial charge < -0.3 is 4.90 Å². The van der Waals surface area contributed by atoms with Gasteiger partial charge >= 0.3 is 6.18 Å². The first kappa shape index (κ1) is 18.9. The number of amides is 2. The van der Waals surface area contributed by atoms with E-state index in [-0.39, 0.29) is 23.7 Å². The smallest absolute Gasteiger partial charge is 0.311 e. The molecule has 2 saturated heterocycles. The number of quaternary nitrogens is 1. The number of rotatable bonds is 3. The number of allylic oxidation sites excluding steroid dienone is 2. The van der Waals surface area contributed by atoms with Gasteiger partial charge in [0.25, 0.3) is 5.82 Å². The van der Waals surface area contributed by atoms with Crippen molar-refractivity contribution in [3.63, 3.8) is 0 Å². The standard InChI is InChI=1S/C19H21F3N4O2/c20-19(21,22)13-5-6-16(23-11-13)25-9-7-24(8-10-25)12-26-17(27)14-3-1-2-4-15(14)18(26)28/h1-2,5-6,11,14-15H,3-4,7-10,12H2/p+2/t14-,15+. The minimum absolute atomic E-state index is 0.0645. The van der Waals surface area contributed by atoms with E-state index in [2.05, 4.69) is 4.98 Å². The molecule has 6 nitrogen and oxygen atoms in total. The zero-order valence-electron chi connectivity index (χ0n) is 15.3. The predicted molar refractivity (Wildman–Crippen MR) is 93.0 cm³/mol. The fraction of sp³-hybridized carbons (Fsp3) is 0.526. The van der Waals surface area contributed by atoms with Crippen molar-refractivity contribution in [1.29, 1.82) is 0 Å². The Morgan fingerprint density at radius 1 is 1.04 bits per heavy atom. The van der Waals surface area contributed by atoms with Crippen molar-refractivity contribution in [2.45, 2.75) is 19.0 Å². The minimum Gasteiger partial charge on any atom is -0.311 e. The maximum Gasteiger partial charge on any atom is 0.419 e. The van der Waals surface area contributed by atoms with Gasteiger partial charge in [0.05, 0.1) is 17.4 Å². The van der Waals surface area contributed by atoms with Gasteiger partial charge in [0.1, 0.15) is 32.4 Å². The van der Waals surface area contributed by atoms with Crippen LogP contribution in [0.5, 0.6) is 0 Å². The van der Waals surface area contributed by atoms with Crippen molar-refractivity contribution in [1.82, 2.24) is 4.90 Å². The molecule has 3 aliphatic rings. The Bertz CT molecular complexity index is 759. The fourth-order valence-electron chi connectivity index (χ4n) is 4.26. The van der Waals surface area contributed by atoms with Crippen molar-refractivity contribution in [3.05, 3.63) is 36.0 Å². The van der Waals surface area contributed by atoms with Crippen molar-refractivity contribution in [2.24, 2.45) is 11.8 Å². The van der Waals surface area contributed by atoms with Gasteiger partial charge in [0.2, 0.25) is 11.8 Å². The minimum atomic E-state index is -4.36. The number of alkyl halides is 3. The second kappa shape index (κ2) is 7.20. The monoisotopic (exact) mass is 396 g/mol. The van der Waals surface area contributed by atoms with E-state index in [0.29, 0.717) is 51.5 Å². The summed E-state index contributed by atoms with van der Waals surface area (Å²) < 4.78 is 38.0. The number of nitrogens with zero attached hydrogens (tertiary/aromatic N) is 2. The molecule has 0 aromatic carbocycles. The molecule has 0 spiro atoms. The molecule has 0 bridgehead atoms. The van der Waals surface area contributed by atoms with Crippen LogP contribution in [-0.2, 0) is 15.8 Å². The molecule has 1 aliphatic carbocycles. The summed E-state index contributed by atoms with van der Waals surface area (Å²) in [5.74, 6) is 0.0908. The van der Waals surface area contributed by atoms with Crippen LogP contribution in [0.25, 0.3) is 0 Å². The molecule has 9 heteroatoms. The van der Waals surface area contributed by atoms with Crippen LogP contribution in [0.4, 0.5) is 19.0 Å². The number of hydrogen-bond acceptors (Lipinski definition) is 3. The van der Waals surface area contributed by atoms with Crippen LogP contribution in [0.15, 0.2) is 30.5 Å². The van der Waals surface area contributed by atoms with Gasteiger partial charge in [0, 0.05) is 6.07 Å². The van der Waals surface area contributed by atoms with Crippen LogP contribution in [0.1, 0.15) is 18.4 Å². The number of carbonyl (C=O) groups excluding carboxylic acids is 2. The molecule has 4 rings (SSSR count). The molecular formula is C19H23F3N4O2+2. The molecular weight excluding hydrogens is 373 g/mol. The summed E-state index contributed by atoms with van der Waals surface area (Å²) in [5.41, 5.74) is -0.706. The lowest BCUT2D eigenvalue weighted by molar-refractivity contribution is -0.908. The number of anilines is 1. The second-order valence-corrected chi connectivity index (χ2v) is 7.62. The number of piperazine rings is 1. The van der Waals surface area contributed by atoms with E-state index >= 15 is 0 Å². The average molecular weight is 396 g/mol. The molecule has 28 heavy (non-hydrogen) atoms. The molecule has 2 fully saturated rings. The number of aromatic nitrogens is 1. The first-order valence-electron chi connectivity index (χ1n) is 9.52. The number of carbonyl (C=O) groups is 2. The van der Waals surface area contributed by atoms with E-state index in [0.717, 1.165) is 17.2 Å². The molecule has 1 aromatic rings. The lowest BCUT2D eigenvalue weighted by Crippen LogP contribution is -3.16. The van der Waals surface area contributed by atoms with E-state index in [1.54, 1.807) is 0 Å². The number of imide groups is 1. The largest absolute Gasteiger partial charge is 0.419 e. The molecule has 1 aromatic heterocycles. The fourth-order valence-corrected chi connectivity index (χ4v) is 4.26. The van der Waals surface area contributed by atoms with Crippen molar-refractivity contribution in [3.8, 4) is 0 Å². The first-order valence-corrected chi connectivity index (χ1v) is 9.52. The topological polar surface area (TPSA) is 59.2 Å². The molecule has 2 N–H and O–H groups in total. The van der Waals surface area contributed by atoms with Crippen molar-refractivity contribution in [2.75, 3.05) is 37.7 Å². The highest BCUT2D eigenvalue weighted by molar-refractivity contribution is 6.05. The number of aromatic amines is 1. The third-order valence-corrected chi connectivity index (χ3v) is 5.92. The van der Waals surface area contributed by atoms with Crippen LogP contribution in [0.3, 0.4) is 0 Å². The number of nitrogens with one attached hydrogen (secondary N) is 2. The molecule has 0 unspecified atom stereocenters. The number of likely N-dealkylation sites (tertiary alicyclic amines) is 1. The van der Waals surface area contributed by atoms with Crippen LogP contribution >= 0.6 is 0 Å². The van der Waals surface area contributed by atoms with E-state index in [1.807, 2.05) is 17.1 Å². The summed E-state index contributed by atoms with van der Waals surface area (Å²) in [6.45, 7) is 3.07. The maximum atomic E-state index is 12.7. The van der Waals surface area contributed by atoms with Crippen LogP contribution in [0, 0.1) is 11.8 Å². The summed E-state index contributed by atoms with van der Waals surface area (Å²) >= 11 is 0. The summed E-state index contributed by atoms with van der Waals surface area (Å²) in [5, 5.41) is 0. The highest BCUT2D eigenvalue weighted by atomic mass is 19.4. The lowest BCUT2D eigenvalue weighted by atomic mass is 9.85. The van der Waals surface area contributed by atoms with E-state index in [4.69, 9.17) is 0 Å². The van der Waals surface area contributed by atoms with Crippen molar-refractivity contribution < 1.29 is 32.6 Å². The van der Waals surface area contributed by atoms with E-state index in [1.165, 1.54) is 11.0 Å². The molecule has 2 amide bonds. The van der Waals surface area contributed by atoms with E-state index in [9.17, 15) is 22.8 Å². The zero-order valence-corrected chi connectivity index (χ0v) is 15.3. The Balaban J connectivity index is 1.33. The Hall–Kier alpha value is -2.42. The van der Waals surface area contributed by atoms with Gasteiger partial charge in [-0.25, -0.2) is 9.88 Å². The molecule has 0 radical (unpaired) electrons. The zero-order chi connectivity index (χ0) is 19.9. The predicted octanol–water partition coefficient (Wildman–Crippen LogP) is 0.133. The Kier molecular flexibility index (Phi) is 4.86. The van der Waals surface area contributed by atoms with Gasteiger partial charge in [-0.2, -0.15) is 13.2 Å². The van der Waals surface area contributed by atoms with Gasteiger partial charge in [-0.05, 0) is 18.9 Å². The SMILES string of the molecule is O=C1[C@H]2CC=CC[C@H]2C(=O)N1C[NH+]1CCN(c2ccc(C(F)(F)F)c[nH+]2)CC1. The average Bonchev–Trinajstić information content (AvgIpc) is 2.93. The summed E-state index contributed by atoms with van der Waals surface area (Å²) in [4.78, 5) is 32.4. The van der Waals surface area contributed by atoms with E-state index < -0.39 is 11.7 Å². The molecule has 2 atom stereocenters. The number of pyridine rings is 1. The number of halogens is 3. The molecule has 3 heterocycles. The number of fused-ring (bicyclic) bond motifs is 1. The van der Waals surface area contributed by atoms with Gasteiger partial charge in [0.15, 0.2) is 6.67 Å². The van der Waals surface area contributed by atoms with Crippen molar-refractivity contribution >= 4 is 17.6 Å². The quantitative estimate of drug-likeness (QED) is 0.584.